The quantitative estimate of drug-likeness (QED) is 0.367. The number of hydrogen-bond donors (Lipinski definition) is 2. The Kier molecular flexibility index (Phi) is 2.96. The predicted octanol–water partition coefficient (Wildman–Crippen LogP) is 1.54. The van der Waals surface area contributed by atoms with Crippen molar-refractivity contribution in [1.82, 2.24) is 4.90 Å². The van der Waals surface area contributed by atoms with Crippen molar-refractivity contribution in [2.75, 3.05) is 13.1 Å². The molecule has 0 spiro atoms. The van der Waals surface area contributed by atoms with Gasteiger partial charge < -0.3 is 10.9 Å². The van der Waals surface area contributed by atoms with Crippen molar-refractivity contribution < 1.29 is 5.21 Å². The number of amidine groups is 1. The normalized spacial score (nSPS) is 27.9. The molecule has 1 saturated heterocycles. The Labute approximate surface area is 107 Å². The van der Waals surface area contributed by atoms with Gasteiger partial charge in [-0.3, -0.25) is 4.90 Å². The molecule has 0 amide bonds. The first-order valence-corrected chi connectivity index (χ1v) is 6.59. The fourth-order valence-electron chi connectivity index (χ4n) is 3.25. The van der Waals surface area contributed by atoms with Crippen LogP contribution in [0.15, 0.2) is 29.4 Å². The van der Waals surface area contributed by atoms with Gasteiger partial charge in [0, 0.05) is 12.5 Å². The van der Waals surface area contributed by atoms with Crippen LogP contribution in [0.4, 0.5) is 0 Å². The monoisotopic (exact) mass is 245 g/mol. The summed E-state index contributed by atoms with van der Waals surface area (Å²) in [5.41, 5.74) is 8.71. The molecule has 1 aromatic rings. The fourth-order valence-corrected chi connectivity index (χ4v) is 3.25. The molecule has 96 valence electrons. The van der Waals surface area contributed by atoms with Gasteiger partial charge in [-0.1, -0.05) is 29.4 Å². The van der Waals surface area contributed by atoms with E-state index in [0.29, 0.717) is 11.8 Å². The van der Waals surface area contributed by atoms with E-state index in [4.69, 9.17) is 10.9 Å². The minimum absolute atomic E-state index is 0.128. The van der Waals surface area contributed by atoms with Gasteiger partial charge in [0.25, 0.3) is 0 Å². The number of nitrogens with zero attached hydrogens (tertiary/aromatic N) is 2. The van der Waals surface area contributed by atoms with Crippen LogP contribution < -0.4 is 5.73 Å². The highest BCUT2D eigenvalue weighted by atomic mass is 16.4. The fraction of sp³-hybridized carbons (Fsp3) is 0.500. The van der Waals surface area contributed by atoms with Crippen LogP contribution in [0.1, 0.15) is 29.9 Å². The Hall–Kier alpha value is -1.55. The molecule has 0 radical (unpaired) electrons. The Bertz CT molecular complexity index is 472. The molecule has 2 unspecified atom stereocenters. The summed E-state index contributed by atoms with van der Waals surface area (Å²) in [6, 6.07) is 8.76. The molecule has 1 aliphatic carbocycles. The van der Waals surface area contributed by atoms with Crippen molar-refractivity contribution in [3.63, 3.8) is 0 Å². The molecule has 2 atom stereocenters. The minimum Gasteiger partial charge on any atom is -0.409 e. The number of rotatable bonds is 3. The molecule has 18 heavy (non-hydrogen) atoms. The van der Waals surface area contributed by atoms with E-state index in [0.717, 1.165) is 32.4 Å². The molecular weight excluding hydrogens is 226 g/mol. The van der Waals surface area contributed by atoms with Gasteiger partial charge in [0.1, 0.15) is 0 Å². The van der Waals surface area contributed by atoms with Crippen molar-refractivity contribution >= 4 is 5.84 Å². The van der Waals surface area contributed by atoms with Gasteiger partial charge in [0.15, 0.2) is 5.84 Å². The van der Waals surface area contributed by atoms with Crippen LogP contribution in [-0.2, 0) is 6.42 Å². The Morgan fingerprint density at radius 1 is 1.44 bits per heavy atom. The molecule has 1 fully saturated rings. The van der Waals surface area contributed by atoms with Crippen molar-refractivity contribution in [3.05, 3.63) is 35.4 Å². The van der Waals surface area contributed by atoms with E-state index >= 15 is 0 Å². The summed E-state index contributed by atoms with van der Waals surface area (Å²) in [5.74, 6) is 0.980. The SMILES string of the molecule is NC(=NO)C1CCCN1CC1Cc2ccccc21. The lowest BCUT2D eigenvalue weighted by molar-refractivity contribution is 0.259. The van der Waals surface area contributed by atoms with Gasteiger partial charge >= 0.3 is 0 Å². The zero-order valence-corrected chi connectivity index (χ0v) is 10.4. The van der Waals surface area contributed by atoms with Gasteiger partial charge in [-0.2, -0.15) is 0 Å². The molecule has 4 nitrogen and oxygen atoms in total. The van der Waals surface area contributed by atoms with Crippen LogP contribution >= 0.6 is 0 Å². The largest absolute Gasteiger partial charge is 0.409 e. The van der Waals surface area contributed by atoms with E-state index in [2.05, 4.69) is 34.3 Å². The highest BCUT2D eigenvalue weighted by Crippen LogP contribution is 2.36. The van der Waals surface area contributed by atoms with Crippen molar-refractivity contribution in [1.29, 1.82) is 0 Å². The standard InChI is InChI=1S/C14H19N3O/c15-14(16-18)13-6-3-7-17(13)9-11-8-10-4-1-2-5-12(10)11/h1-2,4-5,11,13,18H,3,6-9H2,(H2,15,16). The van der Waals surface area contributed by atoms with E-state index in [9.17, 15) is 0 Å². The average Bonchev–Trinajstić information content (AvgIpc) is 2.83. The molecule has 1 heterocycles. The predicted molar refractivity (Wildman–Crippen MR) is 70.9 cm³/mol. The van der Waals surface area contributed by atoms with E-state index in [1.165, 1.54) is 11.1 Å². The van der Waals surface area contributed by atoms with E-state index in [-0.39, 0.29) is 6.04 Å². The van der Waals surface area contributed by atoms with E-state index < -0.39 is 0 Å². The van der Waals surface area contributed by atoms with Crippen molar-refractivity contribution in [2.45, 2.75) is 31.2 Å². The third kappa shape index (κ3) is 1.86. The maximum atomic E-state index is 8.81. The Morgan fingerprint density at radius 2 is 2.28 bits per heavy atom. The molecule has 1 aliphatic heterocycles. The Balaban J connectivity index is 1.68. The first-order valence-electron chi connectivity index (χ1n) is 6.59. The van der Waals surface area contributed by atoms with Gasteiger partial charge in [0.2, 0.25) is 0 Å². The zero-order valence-electron chi connectivity index (χ0n) is 10.4. The number of likely N-dealkylation sites (tertiary alicyclic amines) is 1. The number of oxime groups is 1. The van der Waals surface area contributed by atoms with Gasteiger partial charge in [-0.15, -0.1) is 0 Å². The maximum Gasteiger partial charge on any atom is 0.156 e. The third-order valence-electron chi connectivity index (χ3n) is 4.24. The van der Waals surface area contributed by atoms with Gasteiger partial charge in [0.05, 0.1) is 6.04 Å². The van der Waals surface area contributed by atoms with Crippen LogP contribution in [0.25, 0.3) is 0 Å². The Morgan fingerprint density at radius 3 is 3.06 bits per heavy atom. The second-order valence-electron chi connectivity index (χ2n) is 5.28. The second-order valence-corrected chi connectivity index (χ2v) is 5.28. The van der Waals surface area contributed by atoms with Crippen LogP contribution in [0.5, 0.6) is 0 Å². The lowest BCUT2D eigenvalue weighted by Crippen LogP contribution is -2.43. The second kappa shape index (κ2) is 4.61. The van der Waals surface area contributed by atoms with Crippen molar-refractivity contribution in [3.8, 4) is 0 Å². The van der Waals surface area contributed by atoms with Gasteiger partial charge in [-0.05, 0) is 36.9 Å². The van der Waals surface area contributed by atoms with E-state index in [1.807, 2.05) is 0 Å². The lowest BCUT2D eigenvalue weighted by Gasteiger charge is -2.35. The van der Waals surface area contributed by atoms with E-state index in [1.54, 1.807) is 0 Å². The van der Waals surface area contributed by atoms with Crippen LogP contribution in [0, 0.1) is 0 Å². The molecule has 0 saturated carbocycles. The molecule has 4 heteroatoms. The minimum atomic E-state index is 0.128. The van der Waals surface area contributed by atoms with Gasteiger partial charge in [-0.25, -0.2) is 0 Å². The van der Waals surface area contributed by atoms with Crippen LogP contribution in [0.3, 0.4) is 0 Å². The highest BCUT2D eigenvalue weighted by molar-refractivity contribution is 5.85. The molecule has 2 aliphatic rings. The summed E-state index contributed by atoms with van der Waals surface area (Å²) in [6.07, 6.45) is 3.30. The number of nitrogens with two attached hydrogens (primary N) is 1. The summed E-state index contributed by atoms with van der Waals surface area (Å²) >= 11 is 0. The first-order chi connectivity index (χ1) is 8.79. The highest BCUT2D eigenvalue weighted by Gasteiger charge is 2.33. The number of hydrogen-bond acceptors (Lipinski definition) is 3. The van der Waals surface area contributed by atoms with Crippen molar-refractivity contribution in [2.24, 2.45) is 10.9 Å². The number of benzene rings is 1. The topological polar surface area (TPSA) is 61.9 Å². The summed E-state index contributed by atoms with van der Waals surface area (Å²) in [6.45, 7) is 2.08. The molecule has 0 aromatic heterocycles. The lowest BCUT2D eigenvalue weighted by atomic mass is 9.77. The summed E-state index contributed by atoms with van der Waals surface area (Å²) in [5, 5.41) is 12.0. The molecule has 1 aromatic carbocycles. The average molecular weight is 245 g/mol. The van der Waals surface area contributed by atoms with Crippen LogP contribution in [0.2, 0.25) is 0 Å². The number of fused-ring (bicyclic) bond motifs is 1. The smallest absolute Gasteiger partial charge is 0.156 e. The molecule has 3 N–H and O–H groups in total. The summed E-state index contributed by atoms with van der Waals surface area (Å²) in [7, 11) is 0. The zero-order chi connectivity index (χ0) is 12.5. The first kappa shape index (κ1) is 11.5. The summed E-state index contributed by atoms with van der Waals surface area (Å²) in [4.78, 5) is 2.36. The maximum absolute atomic E-state index is 8.81. The molecule has 0 bridgehead atoms. The third-order valence-corrected chi connectivity index (χ3v) is 4.24. The van der Waals surface area contributed by atoms with Crippen LogP contribution in [-0.4, -0.2) is 35.1 Å². The summed E-state index contributed by atoms with van der Waals surface area (Å²) < 4.78 is 0. The molecular formula is C14H19N3O. The molecule has 3 rings (SSSR count).